The summed E-state index contributed by atoms with van der Waals surface area (Å²) in [5.41, 5.74) is 1.92. The van der Waals surface area contributed by atoms with Crippen molar-refractivity contribution >= 4 is 22.6 Å². The van der Waals surface area contributed by atoms with E-state index in [1.165, 1.54) is 19.2 Å². The molecule has 1 aromatic heterocycles. The molecule has 0 saturated carbocycles. The number of rotatable bonds is 8. The van der Waals surface area contributed by atoms with E-state index in [9.17, 15) is 9.18 Å². The molecule has 4 rings (SSSR count). The Morgan fingerprint density at radius 3 is 2.25 bits per heavy atom. The van der Waals surface area contributed by atoms with Gasteiger partial charge in [-0.25, -0.2) is 9.18 Å². The summed E-state index contributed by atoms with van der Waals surface area (Å²) in [4.78, 5) is 16.9. The molecule has 4 aromatic rings. The number of anilines is 1. The van der Waals surface area contributed by atoms with Crippen LogP contribution in [0, 0.1) is 5.82 Å². The molecular weight excluding hydrogens is 465 g/mol. The zero-order chi connectivity index (χ0) is 25.7. The molecule has 3 aromatic carbocycles. The molecule has 9 heteroatoms. The van der Waals surface area contributed by atoms with Crippen LogP contribution in [0.25, 0.3) is 10.9 Å². The van der Waals surface area contributed by atoms with Crippen molar-refractivity contribution in [3.05, 3.63) is 78.2 Å². The zero-order valence-corrected chi connectivity index (χ0v) is 20.3. The first kappa shape index (κ1) is 24.6. The van der Waals surface area contributed by atoms with Crippen molar-refractivity contribution in [2.24, 2.45) is 0 Å². The van der Waals surface area contributed by atoms with Gasteiger partial charge in [-0.05, 0) is 48.9 Å². The van der Waals surface area contributed by atoms with Crippen LogP contribution in [-0.2, 0) is 0 Å². The number of carbonyl (C=O) groups excluding carboxylic acids is 1. The minimum atomic E-state index is -0.431. The Bertz CT molecular complexity index is 1380. The van der Waals surface area contributed by atoms with Crippen LogP contribution in [-0.4, -0.2) is 32.3 Å². The third kappa shape index (κ3) is 5.41. The number of halogens is 1. The predicted octanol–water partition coefficient (Wildman–Crippen LogP) is 6.07. The Balaban J connectivity index is 1.51. The van der Waals surface area contributed by atoms with Crippen LogP contribution in [0.4, 0.5) is 14.9 Å². The standard InChI is InChI=1S/C27H26FN3O5/c1-16(17-5-7-18(28)8-6-17)30-27(32)31-21-10-9-19(13-24(21)33-2)36-23-11-12-29-22-15-26(35-4)25(34-3)14-20(22)23/h5-16H,1-4H3,(H2,30,31,32)/t16-/m1/s1. The zero-order valence-electron chi connectivity index (χ0n) is 20.3. The van der Waals surface area contributed by atoms with Gasteiger partial charge in [0, 0.05) is 23.7 Å². The molecule has 36 heavy (non-hydrogen) atoms. The van der Waals surface area contributed by atoms with Gasteiger partial charge in [-0.15, -0.1) is 0 Å². The number of carbonyl (C=O) groups is 1. The number of ether oxygens (including phenoxy) is 4. The second kappa shape index (κ2) is 10.8. The monoisotopic (exact) mass is 491 g/mol. The first-order valence-corrected chi connectivity index (χ1v) is 11.1. The Morgan fingerprint density at radius 2 is 1.56 bits per heavy atom. The molecular formula is C27H26FN3O5. The maximum Gasteiger partial charge on any atom is 0.319 e. The molecule has 186 valence electrons. The highest BCUT2D eigenvalue weighted by Crippen LogP contribution is 2.38. The third-order valence-corrected chi connectivity index (χ3v) is 5.57. The predicted molar refractivity (Wildman–Crippen MR) is 135 cm³/mol. The van der Waals surface area contributed by atoms with Crippen molar-refractivity contribution in [3.63, 3.8) is 0 Å². The molecule has 8 nitrogen and oxygen atoms in total. The number of aromatic nitrogens is 1. The van der Waals surface area contributed by atoms with E-state index in [0.29, 0.717) is 40.0 Å². The van der Waals surface area contributed by atoms with Gasteiger partial charge in [-0.3, -0.25) is 4.98 Å². The van der Waals surface area contributed by atoms with Gasteiger partial charge in [0.2, 0.25) is 0 Å². The normalized spacial score (nSPS) is 11.5. The highest BCUT2D eigenvalue weighted by molar-refractivity contribution is 5.91. The molecule has 0 unspecified atom stereocenters. The summed E-state index contributed by atoms with van der Waals surface area (Å²) in [6.45, 7) is 1.81. The number of pyridine rings is 1. The molecule has 0 spiro atoms. The lowest BCUT2D eigenvalue weighted by Gasteiger charge is -2.17. The van der Waals surface area contributed by atoms with Crippen LogP contribution in [0.3, 0.4) is 0 Å². The fourth-order valence-corrected chi connectivity index (χ4v) is 3.69. The van der Waals surface area contributed by atoms with Crippen molar-refractivity contribution in [1.82, 2.24) is 10.3 Å². The highest BCUT2D eigenvalue weighted by atomic mass is 19.1. The number of nitrogens with one attached hydrogen (secondary N) is 2. The van der Waals surface area contributed by atoms with Crippen LogP contribution in [0.15, 0.2) is 66.9 Å². The van der Waals surface area contributed by atoms with Gasteiger partial charge in [0.1, 0.15) is 23.1 Å². The minimum absolute atomic E-state index is 0.324. The van der Waals surface area contributed by atoms with Gasteiger partial charge in [0.05, 0.1) is 38.6 Å². The molecule has 0 bridgehead atoms. The molecule has 1 atom stereocenters. The van der Waals surface area contributed by atoms with E-state index < -0.39 is 6.03 Å². The minimum Gasteiger partial charge on any atom is -0.494 e. The Morgan fingerprint density at radius 1 is 0.861 bits per heavy atom. The fraction of sp³-hybridized carbons (Fsp3) is 0.185. The van der Waals surface area contributed by atoms with Crippen LogP contribution in [0.1, 0.15) is 18.5 Å². The van der Waals surface area contributed by atoms with Gasteiger partial charge in [-0.1, -0.05) is 12.1 Å². The summed E-state index contributed by atoms with van der Waals surface area (Å²) >= 11 is 0. The van der Waals surface area contributed by atoms with Crippen LogP contribution < -0.4 is 29.6 Å². The molecule has 0 aliphatic rings. The maximum atomic E-state index is 13.2. The number of amides is 2. The lowest BCUT2D eigenvalue weighted by Crippen LogP contribution is -2.31. The largest absolute Gasteiger partial charge is 0.494 e. The van der Waals surface area contributed by atoms with Gasteiger partial charge < -0.3 is 29.6 Å². The summed E-state index contributed by atoms with van der Waals surface area (Å²) in [7, 11) is 4.63. The van der Waals surface area contributed by atoms with Crippen molar-refractivity contribution in [2.45, 2.75) is 13.0 Å². The van der Waals surface area contributed by atoms with E-state index in [1.54, 1.807) is 68.9 Å². The van der Waals surface area contributed by atoms with E-state index in [1.807, 2.05) is 6.92 Å². The Labute approximate surface area is 208 Å². The van der Waals surface area contributed by atoms with Crippen LogP contribution in [0.2, 0.25) is 0 Å². The second-order valence-corrected chi connectivity index (χ2v) is 7.87. The van der Waals surface area contributed by atoms with Crippen LogP contribution in [0.5, 0.6) is 28.7 Å². The smallest absolute Gasteiger partial charge is 0.319 e. The molecule has 0 saturated heterocycles. The first-order chi connectivity index (χ1) is 17.4. The fourth-order valence-electron chi connectivity index (χ4n) is 3.69. The number of fused-ring (bicyclic) bond motifs is 1. The van der Waals surface area contributed by atoms with E-state index in [4.69, 9.17) is 18.9 Å². The van der Waals surface area contributed by atoms with Crippen molar-refractivity contribution < 1.29 is 28.1 Å². The number of benzene rings is 3. The second-order valence-electron chi connectivity index (χ2n) is 7.87. The highest BCUT2D eigenvalue weighted by Gasteiger charge is 2.15. The van der Waals surface area contributed by atoms with Crippen molar-refractivity contribution in [3.8, 4) is 28.7 Å². The third-order valence-electron chi connectivity index (χ3n) is 5.57. The van der Waals surface area contributed by atoms with Crippen molar-refractivity contribution in [1.29, 1.82) is 0 Å². The molecule has 1 heterocycles. The lowest BCUT2D eigenvalue weighted by molar-refractivity contribution is 0.249. The van der Waals surface area contributed by atoms with Crippen molar-refractivity contribution in [2.75, 3.05) is 26.6 Å². The molecule has 0 aliphatic heterocycles. The molecule has 2 amide bonds. The average Bonchev–Trinajstić information content (AvgIpc) is 2.89. The quantitative estimate of drug-likeness (QED) is 0.311. The van der Waals surface area contributed by atoms with E-state index in [0.717, 1.165) is 10.9 Å². The molecule has 0 radical (unpaired) electrons. The number of urea groups is 1. The molecule has 2 N–H and O–H groups in total. The topological polar surface area (TPSA) is 90.9 Å². The summed E-state index contributed by atoms with van der Waals surface area (Å²) in [5, 5.41) is 6.34. The first-order valence-electron chi connectivity index (χ1n) is 11.1. The summed E-state index contributed by atoms with van der Waals surface area (Å²) in [6.07, 6.45) is 1.64. The summed E-state index contributed by atoms with van der Waals surface area (Å²) in [6, 6.07) is 15.6. The maximum absolute atomic E-state index is 13.2. The van der Waals surface area contributed by atoms with E-state index in [2.05, 4.69) is 15.6 Å². The van der Waals surface area contributed by atoms with Gasteiger partial charge in [-0.2, -0.15) is 0 Å². The van der Waals surface area contributed by atoms with E-state index >= 15 is 0 Å². The van der Waals surface area contributed by atoms with Gasteiger partial charge in [0.15, 0.2) is 11.5 Å². The number of nitrogens with zero attached hydrogens (tertiary/aromatic N) is 1. The van der Waals surface area contributed by atoms with E-state index in [-0.39, 0.29) is 11.9 Å². The average molecular weight is 492 g/mol. The molecule has 0 aliphatic carbocycles. The van der Waals surface area contributed by atoms with Gasteiger partial charge in [0.25, 0.3) is 0 Å². The Kier molecular flexibility index (Phi) is 7.39. The molecule has 0 fully saturated rings. The Hall–Kier alpha value is -4.53. The number of methoxy groups -OCH3 is 3. The SMILES string of the molecule is COc1cc(Oc2ccnc3cc(OC)c(OC)cc23)ccc1NC(=O)N[C@H](C)c1ccc(F)cc1. The summed E-state index contributed by atoms with van der Waals surface area (Å²) < 4.78 is 35.5. The summed E-state index contributed by atoms with van der Waals surface area (Å²) in [5.74, 6) is 2.27. The van der Waals surface area contributed by atoms with Crippen LogP contribution >= 0.6 is 0 Å². The van der Waals surface area contributed by atoms with Gasteiger partial charge >= 0.3 is 6.03 Å². The number of hydrogen-bond donors (Lipinski definition) is 2. The number of hydrogen-bond acceptors (Lipinski definition) is 6. The lowest BCUT2D eigenvalue weighted by atomic mass is 10.1.